The zero-order valence-corrected chi connectivity index (χ0v) is 10.2. The second-order valence-electron chi connectivity index (χ2n) is 3.80. The van der Waals surface area contributed by atoms with E-state index in [4.69, 9.17) is 5.73 Å². The van der Waals surface area contributed by atoms with E-state index < -0.39 is 0 Å². The normalized spacial score (nSPS) is 12.7. The summed E-state index contributed by atoms with van der Waals surface area (Å²) in [5, 5.41) is 3.06. The average Bonchev–Trinajstić information content (AvgIpc) is 2.66. The second kappa shape index (κ2) is 4.67. The van der Waals surface area contributed by atoms with Gasteiger partial charge >= 0.3 is 0 Å². The fourth-order valence-corrected chi connectivity index (χ4v) is 2.37. The predicted molar refractivity (Wildman–Crippen MR) is 65.2 cm³/mol. The summed E-state index contributed by atoms with van der Waals surface area (Å²) < 4.78 is 0. The van der Waals surface area contributed by atoms with Crippen LogP contribution in [-0.2, 0) is 6.42 Å². The summed E-state index contributed by atoms with van der Waals surface area (Å²) in [6.07, 6.45) is 4.19. The Hall–Kier alpha value is -1.33. The van der Waals surface area contributed by atoms with E-state index in [1.54, 1.807) is 23.7 Å². The Morgan fingerprint density at radius 3 is 2.81 bits per heavy atom. The second-order valence-corrected chi connectivity index (χ2v) is 4.74. The van der Waals surface area contributed by atoms with Gasteiger partial charge in [0.15, 0.2) is 0 Å². The highest BCUT2D eigenvalue weighted by atomic mass is 32.1. The van der Waals surface area contributed by atoms with Crippen LogP contribution in [0.25, 0.3) is 11.4 Å². The Balaban J connectivity index is 2.28. The number of hydrogen-bond acceptors (Lipinski definition) is 5. The van der Waals surface area contributed by atoms with E-state index in [0.29, 0.717) is 0 Å². The molecule has 16 heavy (non-hydrogen) atoms. The molecule has 4 nitrogen and oxygen atoms in total. The van der Waals surface area contributed by atoms with Crippen LogP contribution in [0.5, 0.6) is 0 Å². The average molecular weight is 234 g/mol. The summed E-state index contributed by atoms with van der Waals surface area (Å²) in [7, 11) is 0. The van der Waals surface area contributed by atoms with Crippen molar-refractivity contribution in [1.82, 2.24) is 15.0 Å². The smallest absolute Gasteiger partial charge is 0.111 e. The van der Waals surface area contributed by atoms with Crippen molar-refractivity contribution in [3.05, 3.63) is 28.5 Å². The molecule has 0 amide bonds. The monoisotopic (exact) mass is 234 g/mol. The minimum atomic E-state index is 0.141. The van der Waals surface area contributed by atoms with Crippen LogP contribution in [0.3, 0.4) is 0 Å². The number of rotatable bonds is 3. The molecule has 0 fully saturated rings. The fourth-order valence-electron chi connectivity index (χ4n) is 1.45. The van der Waals surface area contributed by atoms with Crippen LogP contribution in [0.1, 0.15) is 17.6 Å². The molecule has 0 aliphatic heterocycles. The van der Waals surface area contributed by atoms with Gasteiger partial charge in [0.25, 0.3) is 0 Å². The van der Waals surface area contributed by atoms with E-state index in [-0.39, 0.29) is 6.04 Å². The van der Waals surface area contributed by atoms with Gasteiger partial charge in [0.1, 0.15) is 11.4 Å². The third-order valence-electron chi connectivity index (χ3n) is 2.17. The van der Waals surface area contributed by atoms with E-state index in [1.807, 2.05) is 19.2 Å². The first-order chi connectivity index (χ1) is 7.66. The lowest BCUT2D eigenvalue weighted by atomic mass is 10.2. The third kappa shape index (κ3) is 2.43. The Labute approximate surface area is 98.6 Å². The molecule has 0 spiro atoms. The van der Waals surface area contributed by atoms with Gasteiger partial charge in [0.05, 0.1) is 10.7 Å². The highest BCUT2D eigenvalue weighted by Gasteiger charge is 2.09. The van der Waals surface area contributed by atoms with Crippen molar-refractivity contribution in [2.75, 3.05) is 0 Å². The minimum Gasteiger partial charge on any atom is -0.328 e. The summed E-state index contributed by atoms with van der Waals surface area (Å²) in [4.78, 5) is 13.0. The van der Waals surface area contributed by atoms with Crippen LogP contribution in [0.2, 0.25) is 0 Å². The van der Waals surface area contributed by atoms with Crippen LogP contribution in [0.15, 0.2) is 17.8 Å². The van der Waals surface area contributed by atoms with Gasteiger partial charge in [-0.15, -0.1) is 11.3 Å². The molecule has 2 rings (SSSR count). The van der Waals surface area contributed by atoms with Crippen molar-refractivity contribution in [2.24, 2.45) is 5.73 Å². The summed E-state index contributed by atoms with van der Waals surface area (Å²) in [5.74, 6) is 0. The van der Waals surface area contributed by atoms with E-state index in [1.165, 1.54) is 0 Å². The van der Waals surface area contributed by atoms with E-state index in [2.05, 4.69) is 15.0 Å². The van der Waals surface area contributed by atoms with E-state index in [0.717, 1.165) is 28.5 Å². The lowest BCUT2D eigenvalue weighted by Gasteiger charge is -2.00. The zero-order valence-electron chi connectivity index (χ0n) is 9.34. The van der Waals surface area contributed by atoms with Crippen LogP contribution < -0.4 is 5.73 Å². The topological polar surface area (TPSA) is 64.7 Å². The fraction of sp³-hybridized carbons (Fsp3) is 0.364. The van der Waals surface area contributed by atoms with Crippen LogP contribution in [-0.4, -0.2) is 21.0 Å². The maximum absolute atomic E-state index is 5.74. The molecule has 84 valence electrons. The molecule has 1 unspecified atom stereocenters. The van der Waals surface area contributed by atoms with Gasteiger partial charge in [0, 0.05) is 30.2 Å². The van der Waals surface area contributed by atoms with Crippen LogP contribution >= 0.6 is 11.3 Å². The van der Waals surface area contributed by atoms with Crippen molar-refractivity contribution in [3.63, 3.8) is 0 Å². The number of thiazole rings is 1. The molecule has 5 heteroatoms. The van der Waals surface area contributed by atoms with Crippen molar-refractivity contribution >= 4 is 11.3 Å². The summed E-state index contributed by atoms with van der Waals surface area (Å²) in [6.45, 7) is 3.92. The molecule has 2 N–H and O–H groups in total. The SMILES string of the molecule is Cc1nccnc1-c1csc(CC(C)N)n1. The molecular weight excluding hydrogens is 220 g/mol. The lowest BCUT2D eigenvalue weighted by Crippen LogP contribution is -2.17. The van der Waals surface area contributed by atoms with Gasteiger partial charge in [-0.25, -0.2) is 4.98 Å². The minimum absolute atomic E-state index is 0.141. The summed E-state index contributed by atoms with van der Waals surface area (Å²) >= 11 is 1.62. The Morgan fingerprint density at radius 2 is 2.12 bits per heavy atom. The van der Waals surface area contributed by atoms with E-state index in [9.17, 15) is 0 Å². The summed E-state index contributed by atoms with van der Waals surface area (Å²) in [6, 6.07) is 0.141. The maximum atomic E-state index is 5.74. The molecule has 0 saturated carbocycles. The first kappa shape index (κ1) is 11.2. The molecule has 0 aromatic carbocycles. The lowest BCUT2D eigenvalue weighted by molar-refractivity contribution is 0.734. The molecular formula is C11H14N4S. The zero-order chi connectivity index (χ0) is 11.5. The van der Waals surface area contributed by atoms with Crippen molar-refractivity contribution in [1.29, 1.82) is 0 Å². The van der Waals surface area contributed by atoms with Gasteiger partial charge in [-0.2, -0.15) is 0 Å². The standard InChI is InChI=1S/C11H14N4S/c1-7(12)5-10-15-9(6-16-10)11-8(2)13-3-4-14-11/h3-4,6-7H,5,12H2,1-2H3. The number of nitrogens with zero attached hydrogens (tertiary/aromatic N) is 3. The maximum Gasteiger partial charge on any atom is 0.111 e. The molecule has 0 radical (unpaired) electrons. The van der Waals surface area contributed by atoms with Crippen molar-refractivity contribution in [3.8, 4) is 11.4 Å². The van der Waals surface area contributed by atoms with Crippen molar-refractivity contribution in [2.45, 2.75) is 26.3 Å². The predicted octanol–water partition coefficient (Wildman–Crippen LogP) is 1.80. The third-order valence-corrected chi connectivity index (χ3v) is 3.04. The van der Waals surface area contributed by atoms with Gasteiger partial charge < -0.3 is 5.73 Å². The Bertz CT molecular complexity index is 478. The molecule has 2 aromatic heterocycles. The van der Waals surface area contributed by atoms with Crippen LogP contribution in [0.4, 0.5) is 0 Å². The number of aryl methyl sites for hydroxylation is 1. The molecule has 0 aliphatic carbocycles. The molecule has 2 aromatic rings. The number of hydrogen-bond donors (Lipinski definition) is 1. The largest absolute Gasteiger partial charge is 0.328 e. The highest BCUT2D eigenvalue weighted by molar-refractivity contribution is 7.09. The molecule has 0 saturated heterocycles. The van der Waals surface area contributed by atoms with Crippen LogP contribution in [0, 0.1) is 6.92 Å². The molecule has 0 aliphatic rings. The first-order valence-electron chi connectivity index (χ1n) is 5.15. The van der Waals surface area contributed by atoms with Crippen molar-refractivity contribution < 1.29 is 0 Å². The summed E-state index contributed by atoms with van der Waals surface area (Å²) in [5.41, 5.74) is 8.39. The van der Waals surface area contributed by atoms with E-state index >= 15 is 0 Å². The van der Waals surface area contributed by atoms with Gasteiger partial charge in [-0.05, 0) is 13.8 Å². The van der Waals surface area contributed by atoms with Gasteiger partial charge in [-0.1, -0.05) is 0 Å². The first-order valence-corrected chi connectivity index (χ1v) is 6.02. The number of nitrogens with two attached hydrogens (primary N) is 1. The Kier molecular flexibility index (Phi) is 3.26. The number of aromatic nitrogens is 3. The van der Waals surface area contributed by atoms with Gasteiger partial charge in [-0.3, -0.25) is 9.97 Å². The molecule has 1 atom stereocenters. The highest BCUT2D eigenvalue weighted by Crippen LogP contribution is 2.22. The quantitative estimate of drug-likeness (QED) is 0.879. The van der Waals surface area contributed by atoms with Gasteiger partial charge in [0.2, 0.25) is 0 Å². The molecule has 2 heterocycles. The Morgan fingerprint density at radius 1 is 1.38 bits per heavy atom. The molecule has 0 bridgehead atoms.